The molecule has 0 heterocycles. The smallest absolute Gasteiger partial charge is 0.224 e. The summed E-state index contributed by atoms with van der Waals surface area (Å²) in [5.74, 6) is 1.55. The number of rotatable bonds is 11. The van der Waals surface area contributed by atoms with Crippen LogP contribution in [-0.4, -0.2) is 11.7 Å². The molecule has 0 aromatic heterocycles. The highest BCUT2D eigenvalue weighted by molar-refractivity contribution is 8.14. The lowest BCUT2D eigenvalue weighted by atomic mass is 9.98. The third kappa shape index (κ3) is 7.80. The van der Waals surface area contributed by atoms with Gasteiger partial charge >= 0.3 is 0 Å². The fourth-order valence-electron chi connectivity index (χ4n) is 2.81. The quantitative estimate of drug-likeness (QED) is 0.303. The molecule has 0 fully saturated rings. The van der Waals surface area contributed by atoms with Gasteiger partial charge in [0.15, 0.2) is 0 Å². The summed E-state index contributed by atoms with van der Waals surface area (Å²) in [6.07, 6.45) is 7.05. The number of hydrogen-bond acceptors (Lipinski definition) is 3. The average Bonchev–Trinajstić information content (AvgIpc) is 2.69. The first-order chi connectivity index (χ1) is 13.1. The summed E-state index contributed by atoms with van der Waals surface area (Å²) < 4.78 is 5.76. The molecule has 146 valence electrons. The van der Waals surface area contributed by atoms with Crippen molar-refractivity contribution in [3.8, 4) is 5.75 Å². The second-order valence-corrected chi connectivity index (χ2v) is 8.23. The molecule has 0 N–H and O–H groups in total. The zero-order valence-electron chi connectivity index (χ0n) is 16.9. The first-order valence-corrected chi connectivity index (χ1v) is 11.0. The molecule has 27 heavy (non-hydrogen) atoms. The molecule has 2 rings (SSSR count). The first-order valence-electron chi connectivity index (χ1n) is 10.2. The predicted molar refractivity (Wildman–Crippen MR) is 116 cm³/mol. The van der Waals surface area contributed by atoms with Crippen molar-refractivity contribution in [1.82, 2.24) is 0 Å². The average molecular weight is 385 g/mol. The molecule has 2 aromatic carbocycles. The summed E-state index contributed by atoms with van der Waals surface area (Å²) in [6, 6.07) is 15.9. The van der Waals surface area contributed by atoms with E-state index in [2.05, 4.69) is 32.9 Å². The molecular weight excluding hydrogens is 352 g/mol. The summed E-state index contributed by atoms with van der Waals surface area (Å²) >= 11 is 1.27. The number of benzene rings is 2. The molecule has 0 aliphatic heterocycles. The standard InChI is InChI=1S/C24H32O2S/c1-4-6-7-8-17-26-22-13-15-23(16-14-22)27-24(25)21-11-9-20(10-12-21)18-19(3)5-2/h9-16,19H,4-8,17-18H2,1-3H3/t19-/m1/s1. The SMILES string of the molecule is CCCCCCOc1ccc(SC(=O)c2ccc(C[C@H](C)CC)cc2)cc1. The second kappa shape index (κ2) is 11.9. The molecule has 2 aromatic rings. The summed E-state index contributed by atoms with van der Waals surface area (Å²) in [4.78, 5) is 13.4. The Morgan fingerprint density at radius 3 is 2.30 bits per heavy atom. The maximum absolute atomic E-state index is 12.5. The number of carbonyl (C=O) groups is 1. The minimum atomic E-state index is 0.0818. The Bertz CT molecular complexity index is 677. The monoisotopic (exact) mass is 384 g/mol. The van der Waals surface area contributed by atoms with Gasteiger partial charge in [-0.2, -0.15) is 0 Å². The Hall–Kier alpha value is -1.74. The Morgan fingerprint density at radius 2 is 1.67 bits per heavy atom. The van der Waals surface area contributed by atoms with E-state index in [1.54, 1.807) is 0 Å². The van der Waals surface area contributed by atoms with Crippen molar-refractivity contribution in [1.29, 1.82) is 0 Å². The van der Waals surface area contributed by atoms with Gasteiger partial charge in [-0.1, -0.05) is 70.7 Å². The number of hydrogen-bond donors (Lipinski definition) is 0. The molecule has 0 saturated carbocycles. The topological polar surface area (TPSA) is 26.3 Å². The van der Waals surface area contributed by atoms with Gasteiger partial charge in [-0.15, -0.1) is 0 Å². The van der Waals surface area contributed by atoms with Crippen molar-refractivity contribution in [3.63, 3.8) is 0 Å². The van der Waals surface area contributed by atoms with Crippen molar-refractivity contribution >= 4 is 16.9 Å². The van der Waals surface area contributed by atoms with Crippen LogP contribution in [0.4, 0.5) is 0 Å². The lowest BCUT2D eigenvalue weighted by Gasteiger charge is -2.09. The highest BCUT2D eigenvalue weighted by Crippen LogP contribution is 2.25. The second-order valence-electron chi connectivity index (χ2n) is 7.18. The molecule has 0 radical (unpaired) electrons. The maximum atomic E-state index is 12.5. The van der Waals surface area contributed by atoms with Crippen LogP contribution in [0.25, 0.3) is 0 Å². The third-order valence-electron chi connectivity index (χ3n) is 4.77. The highest BCUT2D eigenvalue weighted by Gasteiger charge is 2.09. The summed E-state index contributed by atoms with van der Waals surface area (Å²) in [7, 11) is 0. The normalized spacial score (nSPS) is 12.0. The zero-order valence-corrected chi connectivity index (χ0v) is 17.7. The molecule has 0 amide bonds. The van der Waals surface area contributed by atoms with E-state index in [0.29, 0.717) is 5.92 Å². The van der Waals surface area contributed by atoms with E-state index < -0.39 is 0 Å². The van der Waals surface area contributed by atoms with Crippen molar-refractivity contribution in [2.75, 3.05) is 6.61 Å². The third-order valence-corrected chi connectivity index (χ3v) is 5.70. The highest BCUT2D eigenvalue weighted by atomic mass is 32.2. The molecule has 0 bridgehead atoms. The Labute approximate surface area is 168 Å². The maximum Gasteiger partial charge on any atom is 0.224 e. The molecule has 2 nitrogen and oxygen atoms in total. The fraction of sp³-hybridized carbons (Fsp3) is 0.458. The molecule has 0 saturated heterocycles. The van der Waals surface area contributed by atoms with E-state index in [1.807, 2.05) is 36.4 Å². The van der Waals surface area contributed by atoms with E-state index in [-0.39, 0.29) is 5.12 Å². The van der Waals surface area contributed by atoms with Gasteiger partial charge < -0.3 is 4.74 Å². The molecular formula is C24H32O2S. The van der Waals surface area contributed by atoms with E-state index in [1.165, 1.54) is 43.0 Å². The number of unbranched alkanes of at least 4 members (excludes halogenated alkanes) is 3. The van der Waals surface area contributed by atoms with Crippen LogP contribution < -0.4 is 4.74 Å². The van der Waals surface area contributed by atoms with Crippen LogP contribution in [0.2, 0.25) is 0 Å². The van der Waals surface area contributed by atoms with Gasteiger partial charge in [0.2, 0.25) is 5.12 Å². The summed E-state index contributed by atoms with van der Waals surface area (Å²) in [5.41, 5.74) is 2.05. The van der Waals surface area contributed by atoms with Gasteiger partial charge in [0.25, 0.3) is 0 Å². The van der Waals surface area contributed by atoms with Gasteiger partial charge in [-0.05, 0) is 60.4 Å². The van der Waals surface area contributed by atoms with E-state index in [0.717, 1.165) is 35.7 Å². The van der Waals surface area contributed by atoms with Crippen LogP contribution in [0.1, 0.15) is 68.8 Å². The molecule has 0 aliphatic carbocycles. The van der Waals surface area contributed by atoms with Crippen molar-refractivity contribution in [2.24, 2.45) is 5.92 Å². The van der Waals surface area contributed by atoms with Gasteiger partial charge in [0, 0.05) is 10.5 Å². The summed E-state index contributed by atoms with van der Waals surface area (Å²) in [6.45, 7) is 7.43. The number of carbonyl (C=O) groups excluding carboxylic acids is 1. The van der Waals surface area contributed by atoms with Gasteiger partial charge in [0.1, 0.15) is 5.75 Å². The zero-order chi connectivity index (χ0) is 19.5. The van der Waals surface area contributed by atoms with Crippen LogP contribution in [0, 0.1) is 5.92 Å². The van der Waals surface area contributed by atoms with E-state index >= 15 is 0 Å². The lowest BCUT2D eigenvalue weighted by Crippen LogP contribution is -1.99. The lowest BCUT2D eigenvalue weighted by molar-refractivity contribution is 0.108. The number of ether oxygens (including phenoxy) is 1. The minimum Gasteiger partial charge on any atom is -0.494 e. The van der Waals surface area contributed by atoms with Crippen LogP contribution in [0.15, 0.2) is 53.4 Å². The molecule has 0 aliphatic rings. The van der Waals surface area contributed by atoms with Crippen LogP contribution in [0.5, 0.6) is 5.75 Å². The van der Waals surface area contributed by atoms with Crippen LogP contribution in [-0.2, 0) is 6.42 Å². The molecule has 3 heteroatoms. The fourth-order valence-corrected chi connectivity index (χ4v) is 3.55. The largest absolute Gasteiger partial charge is 0.494 e. The van der Waals surface area contributed by atoms with E-state index in [9.17, 15) is 4.79 Å². The Kier molecular flexibility index (Phi) is 9.47. The van der Waals surface area contributed by atoms with Crippen LogP contribution in [0.3, 0.4) is 0 Å². The van der Waals surface area contributed by atoms with Gasteiger partial charge in [-0.25, -0.2) is 0 Å². The number of thioether (sulfide) groups is 1. The van der Waals surface area contributed by atoms with Gasteiger partial charge in [-0.3, -0.25) is 4.79 Å². The Balaban J connectivity index is 1.82. The Morgan fingerprint density at radius 1 is 0.963 bits per heavy atom. The molecule has 0 unspecified atom stereocenters. The van der Waals surface area contributed by atoms with Crippen molar-refractivity contribution in [2.45, 2.75) is 64.2 Å². The van der Waals surface area contributed by atoms with Crippen molar-refractivity contribution < 1.29 is 9.53 Å². The molecule has 0 spiro atoms. The summed E-state index contributed by atoms with van der Waals surface area (Å²) in [5, 5.41) is 0.0818. The van der Waals surface area contributed by atoms with Gasteiger partial charge in [0.05, 0.1) is 6.61 Å². The van der Waals surface area contributed by atoms with Crippen molar-refractivity contribution in [3.05, 3.63) is 59.7 Å². The molecule has 1 atom stereocenters. The first kappa shape index (κ1) is 21.6. The minimum absolute atomic E-state index is 0.0818. The van der Waals surface area contributed by atoms with Crippen LogP contribution >= 0.6 is 11.8 Å². The van der Waals surface area contributed by atoms with E-state index in [4.69, 9.17) is 4.74 Å². The predicted octanol–water partition coefficient (Wildman–Crippen LogP) is 7.17.